The van der Waals surface area contributed by atoms with Crippen LogP contribution in [-0.4, -0.2) is 5.76 Å². The minimum Gasteiger partial charge on any atom is -0.457 e. The number of thioether (sulfide) groups is 1. The van der Waals surface area contributed by atoms with Crippen molar-refractivity contribution < 1.29 is 17.9 Å². The Labute approximate surface area is 117 Å². The van der Waals surface area contributed by atoms with Crippen molar-refractivity contribution in [2.24, 2.45) is 0 Å². The highest BCUT2D eigenvalue weighted by atomic mass is 35.5. The van der Waals surface area contributed by atoms with Gasteiger partial charge in [0.05, 0.1) is 0 Å². The average molecular weight is 305 g/mol. The second-order valence-corrected chi connectivity index (χ2v) is 5.06. The molecule has 0 aliphatic carbocycles. The Balaban J connectivity index is 2.10. The van der Waals surface area contributed by atoms with E-state index in [1.807, 2.05) is 0 Å². The summed E-state index contributed by atoms with van der Waals surface area (Å²) in [5.74, 6) is -2.30. The van der Waals surface area contributed by atoms with E-state index in [4.69, 9.17) is 16.3 Å². The van der Waals surface area contributed by atoms with Gasteiger partial charge >= 0.3 is 0 Å². The summed E-state index contributed by atoms with van der Waals surface area (Å²) in [7, 11) is 0. The van der Waals surface area contributed by atoms with E-state index in [1.54, 1.807) is 0 Å². The van der Waals surface area contributed by atoms with E-state index in [1.165, 1.54) is 36.4 Å². The van der Waals surface area contributed by atoms with E-state index in [0.717, 1.165) is 6.07 Å². The van der Waals surface area contributed by atoms with Crippen molar-refractivity contribution in [1.82, 2.24) is 0 Å². The van der Waals surface area contributed by atoms with Gasteiger partial charge in [-0.3, -0.25) is 0 Å². The minimum absolute atomic E-state index is 0.222. The van der Waals surface area contributed by atoms with Crippen molar-refractivity contribution in [3.8, 4) is 11.5 Å². The number of halogens is 4. The van der Waals surface area contributed by atoms with Gasteiger partial charge in [0.25, 0.3) is 5.76 Å². The van der Waals surface area contributed by atoms with E-state index in [9.17, 15) is 13.2 Å². The summed E-state index contributed by atoms with van der Waals surface area (Å²) >= 11 is 6.14. The molecule has 100 valence electrons. The normalized spacial score (nSPS) is 10.8. The predicted molar refractivity (Wildman–Crippen MR) is 69.8 cm³/mol. The average Bonchev–Trinajstić information content (AvgIpc) is 2.29. The first-order valence-electron chi connectivity index (χ1n) is 5.22. The molecule has 0 amide bonds. The summed E-state index contributed by atoms with van der Waals surface area (Å²) in [6.45, 7) is 0. The lowest BCUT2D eigenvalue weighted by atomic mass is 10.3. The number of hydrogen-bond donors (Lipinski definition) is 0. The van der Waals surface area contributed by atoms with Gasteiger partial charge in [-0.1, -0.05) is 23.4 Å². The van der Waals surface area contributed by atoms with Crippen LogP contribution < -0.4 is 4.74 Å². The van der Waals surface area contributed by atoms with E-state index >= 15 is 0 Å². The van der Waals surface area contributed by atoms with Gasteiger partial charge in [0.2, 0.25) is 0 Å². The first kappa shape index (κ1) is 14.1. The first-order chi connectivity index (χ1) is 9.02. The molecule has 0 heterocycles. The van der Waals surface area contributed by atoms with Crippen LogP contribution in [0.4, 0.5) is 13.2 Å². The third-order valence-corrected chi connectivity index (χ3v) is 3.06. The summed E-state index contributed by atoms with van der Waals surface area (Å²) in [6.07, 6.45) is 0. The lowest BCUT2D eigenvalue weighted by Crippen LogP contribution is -1.86. The highest BCUT2D eigenvalue weighted by Gasteiger charge is 2.06. The van der Waals surface area contributed by atoms with Gasteiger partial charge in [-0.2, -0.15) is 8.78 Å². The Morgan fingerprint density at radius 1 is 1.00 bits per heavy atom. The molecule has 2 rings (SSSR count). The van der Waals surface area contributed by atoms with Crippen molar-refractivity contribution in [3.05, 3.63) is 53.3 Å². The summed E-state index contributed by atoms with van der Waals surface area (Å²) in [6, 6.07) is 9.89. The zero-order chi connectivity index (χ0) is 13.8. The molecule has 0 aromatic heterocycles. The Kier molecular flexibility index (Phi) is 4.61. The van der Waals surface area contributed by atoms with Crippen molar-refractivity contribution >= 4 is 23.4 Å². The maximum absolute atomic E-state index is 13.1. The molecule has 0 aliphatic heterocycles. The summed E-state index contributed by atoms with van der Waals surface area (Å²) in [5.41, 5.74) is 0. The lowest BCUT2D eigenvalue weighted by Gasteiger charge is -2.07. The van der Waals surface area contributed by atoms with E-state index in [0.29, 0.717) is 22.4 Å². The van der Waals surface area contributed by atoms with E-state index in [-0.39, 0.29) is 10.8 Å². The number of alkyl halides is 2. The van der Waals surface area contributed by atoms with E-state index in [2.05, 4.69) is 0 Å². The standard InChI is InChI=1S/C13H8ClF3OS/c14-8-5-9(15)7-11(6-8)18-10-1-3-12(4-2-10)19-13(16)17/h1-7,13H. The molecular formula is C13H8ClF3OS. The van der Waals surface area contributed by atoms with Crippen LogP contribution >= 0.6 is 23.4 Å². The molecule has 0 saturated heterocycles. The molecule has 0 bridgehead atoms. The van der Waals surface area contributed by atoms with Gasteiger partial charge in [0, 0.05) is 16.0 Å². The smallest absolute Gasteiger partial charge is 0.288 e. The SMILES string of the molecule is Fc1cc(Cl)cc(Oc2ccc(SC(F)F)cc2)c1. The molecule has 0 fully saturated rings. The fraction of sp³-hybridized carbons (Fsp3) is 0.0769. The zero-order valence-corrected chi connectivity index (χ0v) is 11.0. The maximum Gasteiger partial charge on any atom is 0.288 e. The minimum atomic E-state index is -2.46. The Morgan fingerprint density at radius 2 is 1.68 bits per heavy atom. The van der Waals surface area contributed by atoms with Crippen LogP contribution in [-0.2, 0) is 0 Å². The van der Waals surface area contributed by atoms with E-state index < -0.39 is 11.6 Å². The largest absolute Gasteiger partial charge is 0.457 e. The van der Waals surface area contributed by atoms with Crippen molar-refractivity contribution in [2.45, 2.75) is 10.7 Å². The van der Waals surface area contributed by atoms with Crippen molar-refractivity contribution in [1.29, 1.82) is 0 Å². The van der Waals surface area contributed by atoms with Gasteiger partial charge in [0.1, 0.15) is 17.3 Å². The van der Waals surface area contributed by atoms with Crippen LogP contribution in [0.25, 0.3) is 0 Å². The Bertz CT molecular complexity index is 540. The fourth-order valence-electron chi connectivity index (χ4n) is 1.41. The lowest BCUT2D eigenvalue weighted by molar-refractivity contribution is 0.252. The molecule has 0 radical (unpaired) electrons. The molecule has 1 nitrogen and oxygen atoms in total. The van der Waals surface area contributed by atoms with Crippen LogP contribution in [0.15, 0.2) is 47.4 Å². The van der Waals surface area contributed by atoms with Gasteiger partial charge in [-0.25, -0.2) is 4.39 Å². The molecule has 0 spiro atoms. The number of benzene rings is 2. The second kappa shape index (κ2) is 6.21. The monoisotopic (exact) mass is 304 g/mol. The summed E-state index contributed by atoms with van der Waals surface area (Å²) in [4.78, 5) is 0.430. The predicted octanol–water partition coefficient (Wildman–Crippen LogP) is 5.59. The zero-order valence-electron chi connectivity index (χ0n) is 9.45. The number of rotatable bonds is 4. The maximum atomic E-state index is 13.1. The Hall–Kier alpha value is -1.33. The van der Waals surface area contributed by atoms with Crippen molar-refractivity contribution in [3.63, 3.8) is 0 Å². The van der Waals surface area contributed by atoms with Gasteiger partial charge in [-0.15, -0.1) is 0 Å². The highest BCUT2D eigenvalue weighted by molar-refractivity contribution is 7.99. The topological polar surface area (TPSA) is 9.23 Å². The molecule has 2 aromatic rings. The molecule has 2 aromatic carbocycles. The highest BCUT2D eigenvalue weighted by Crippen LogP contribution is 2.29. The van der Waals surface area contributed by atoms with Gasteiger partial charge in [-0.05, 0) is 36.4 Å². The molecule has 19 heavy (non-hydrogen) atoms. The molecule has 0 saturated carbocycles. The van der Waals surface area contributed by atoms with Gasteiger partial charge < -0.3 is 4.74 Å². The van der Waals surface area contributed by atoms with Crippen LogP contribution in [0.5, 0.6) is 11.5 Å². The number of ether oxygens (including phenoxy) is 1. The fourth-order valence-corrected chi connectivity index (χ4v) is 2.12. The van der Waals surface area contributed by atoms with Crippen LogP contribution in [0.2, 0.25) is 5.02 Å². The molecular weight excluding hydrogens is 297 g/mol. The summed E-state index contributed by atoms with van der Waals surface area (Å²) in [5, 5.41) is 0.222. The molecule has 6 heteroatoms. The molecule has 0 aliphatic rings. The number of hydrogen-bond acceptors (Lipinski definition) is 2. The third kappa shape index (κ3) is 4.36. The quantitative estimate of drug-likeness (QED) is 0.681. The van der Waals surface area contributed by atoms with Crippen molar-refractivity contribution in [2.75, 3.05) is 0 Å². The van der Waals surface area contributed by atoms with Crippen LogP contribution in [0.1, 0.15) is 0 Å². The summed E-state index contributed by atoms with van der Waals surface area (Å²) < 4.78 is 42.7. The first-order valence-corrected chi connectivity index (χ1v) is 6.47. The van der Waals surface area contributed by atoms with Crippen LogP contribution in [0, 0.1) is 5.82 Å². The van der Waals surface area contributed by atoms with Crippen LogP contribution in [0.3, 0.4) is 0 Å². The molecule has 0 unspecified atom stereocenters. The second-order valence-electron chi connectivity index (χ2n) is 3.56. The van der Waals surface area contributed by atoms with Gasteiger partial charge in [0.15, 0.2) is 0 Å². The molecule has 0 atom stereocenters. The Morgan fingerprint density at radius 3 is 2.26 bits per heavy atom. The molecule has 0 N–H and O–H groups in total. The third-order valence-electron chi connectivity index (χ3n) is 2.12.